The van der Waals surface area contributed by atoms with Crippen molar-refractivity contribution in [3.8, 4) is 0 Å². The zero-order valence-corrected chi connectivity index (χ0v) is 12.5. The number of hydrogen-bond acceptors (Lipinski definition) is 3. The molecule has 1 fully saturated rings. The van der Waals surface area contributed by atoms with Gasteiger partial charge in [0.25, 0.3) is 0 Å². The first-order valence-electron chi connectivity index (χ1n) is 7.04. The second kappa shape index (κ2) is 7.13. The normalized spacial score (nSPS) is 24.4. The molecule has 2 atom stereocenters. The zero-order valence-electron chi connectivity index (χ0n) is 11.7. The number of nitrogens with zero attached hydrogens (tertiary/aromatic N) is 1. The average molecular weight is 283 g/mol. The highest BCUT2D eigenvalue weighted by molar-refractivity contribution is 6.30. The highest BCUT2D eigenvalue weighted by atomic mass is 35.5. The van der Waals surface area contributed by atoms with E-state index in [0.717, 1.165) is 43.4 Å². The standard InChI is InChI=1S/C15H23ClN2O/c1-3-15-11-19-12(2)10-18(15)9-8-17-14-6-4-13(16)5-7-14/h4-7,12,15,17H,3,8-11H2,1-2H3. The smallest absolute Gasteiger partial charge is 0.0674 e. The third kappa shape index (κ3) is 4.37. The molecule has 4 heteroatoms. The van der Waals surface area contributed by atoms with E-state index < -0.39 is 0 Å². The van der Waals surface area contributed by atoms with E-state index >= 15 is 0 Å². The predicted octanol–water partition coefficient (Wildman–Crippen LogP) is 3.25. The second-order valence-corrected chi connectivity index (χ2v) is 5.57. The SMILES string of the molecule is CCC1COC(C)CN1CCNc1ccc(Cl)cc1. The number of rotatable bonds is 5. The van der Waals surface area contributed by atoms with Crippen molar-refractivity contribution in [2.24, 2.45) is 0 Å². The molecule has 1 aromatic rings. The minimum Gasteiger partial charge on any atom is -0.384 e. The Labute approximate surface area is 120 Å². The lowest BCUT2D eigenvalue weighted by Crippen LogP contribution is -2.49. The van der Waals surface area contributed by atoms with Gasteiger partial charge < -0.3 is 10.1 Å². The number of benzene rings is 1. The van der Waals surface area contributed by atoms with Crippen molar-refractivity contribution in [1.29, 1.82) is 0 Å². The largest absolute Gasteiger partial charge is 0.384 e. The topological polar surface area (TPSA) is 24.5 Å². The Kier molecular flexibility index (Phi) is 5.49. The van der Waals surface area contributed by atoms with Crippen LogP contribution in [0.3, 0.4) is 0 Å². The molecule has 0 spiro atoms. The Morgan fingerprint density at radius 1 is 1.37 bits per heavy atom. The van der Waals surface area contributed by atoms with Crippen LogP contribution in [-0.4, -0.2) is 43.3 Å². The number of halogens is 1. The van der Waals surface area contributed by atoms with Crippen molar-refractivity contribution in [1.82, 2.24) is 4.90 Å². The second-order valence-electron chi connectivity index (χ2n) is 5.13. The summed E-state index contributed by atoms with van der Waals surface area (Å²) in [6.45, 7) is 8.26. The summed E-state index contributed by atoms with van der Waals surface area (Å²) in [6.07, 6.45) is 1.49. The molecule has 1 aliphatic heterocycles. The molecule has 19 heavy (non-hydrogen) atoms. The molecule has 1 aliphatic rings. The van der Waals surface area contributed by atoms with Gasteiger partial charge in [0.1, 0.15) is 0 Å². The van der Waals surface area contributed by atoms with Crippen molar-refractivity contribution in [2.75, 3.05) is 31.6 Å². The van der Waals surface area contributed by atoms with E-state index in [2.05, 4.69) is 24.1 Å². The number of ether oxygens (including phenoxy) is 1. The summed E-state index contributed by atoms with van der Waals surface area (Å²) < 4.78 is 5.71. The molecule has 0 aromatic heterocycles. The van der Waals surface area contributed by atoms with Gasteiger partial charge in [0.15, 0.2) is 0 Å². The van der Waals surface area contributed by atoms with Gasteiger partial charge in [-0.25, -0.2) is 0 Å². The first kappa shape index (κ1) is 14.6. The fourth-order valence-corrected chi connectivity index (χ4v) is 2.60. The van der Waals surface area contributed by atoms with Crippen molar-refractivity contribution in [3.05, 3.63) is 29.3 Å². The molecule has 106 valence electrons. The van der Waals surface area contributed by atoms with Gasteiger partial charge in [0.2, 0.25) is 0 Å². The van der Waals surface area contributed by atoms with Gasteiger partial charge in [-0.2, -0.15) is 0 Å². The summed E-state index contributed by atoms with van der Waals surface area (Å²) in [4.78, 5) is 2.52. The highest BCUT2D eigenvalue weighted by Crippen LogP contribution is 2.15. The molecule has 2 rings (SSSR count). The van der Waals surface area contributed by atoms with Crippen LogP contribution >= 0.6 is 11.6 Å². The number of nitrogens with one attached hydrogen (secondary N) is 1. The van der Waals surface area contributed by atoms with E-state index in [0.29, 0.717) is 12.1 Å². The fraction of sp³-hybridized carbons (Fsp3) is 0.600. The Balaban J connectivity index is 1.78. The van der Waals surface area contributed by atoms with Crippen LogP contribution in [-0.2, 0) is 4.74 Å². The third-order valence-corrected chi connectivity index (χ3v) is 3.88. The molecule has 0 saturated carbocycles. The summed E-state index contributed by atoms with van der Waals surface area (Å²) in [7, 11) is 0. The van der Waals surface area contributed by atoms with Crippen molar-refractivity contribution in [2.45, 2.75) is 32.4 Å². The average Bonchev–Trinajstić information content (AvgIpc) is 2.41. The van der Waals surface area contributed by atoms with Crippen LogP contribution in [0.4, 0.5) is 5.69 Å². The van der Waals surface area contributed by atoms with Gasteiger partial charge >= 0.3 is 0 Å². The van der Waals surface area contributed by atoms with Crippen LogP contribution in [0.15, 0.2) is 24.3 Å². The van der Waals surface area contributed by atoms with Crippen LogP contribution in [0.1, 0.15) is 20.3 Å². The quantitative estimate of drug-likeness (QED) is 0.897. The van der Waals surface area contributed by atoms with Crippen molar-refractivity contribution in [3.63, 3.8) is 0 Å². The van der Waals surface area contributed by atoms with E-state index in [1.165, 1.54) is 0 Å². The maximum absolute atomic E-state index is 5.87. The van der Waals surface area contributed by atoms with Crippen LogP contribution in [0.5, 0.6) is 0 Å². The lowest BCUT2D eigenvalue weighted by atomic mass is 10.1. The maximum Gasteiger partial charge on any atom is 0.0674 e. The minimum absolute atomic E-state index is 0.346. The fourth-order valence-electron chi connectivity index (χ4n) is 2.47. The summed E-state index contributed by atoms with van der Waals surface area (Å²) in [5.41, 5.74) is 1.12. The van der Waals surface area contributed by atoms with E-state index in [1.807, 2.05) is 24.3 Å². The van der Waals surface area contributed by atoms with Crippen LogP contribution < -0.4 is 5.32 Å². The molecule has 0 bridgehead atoms. The van der Waals surface area contributed by atoms with Crippen molar-refractivity contribution >= 4 is 17.3 Å². The van der Waals surface area contributed by atoms with Gasteiger partial charge in [-0.3, -0.25) is 4.90 Å². The van der Waals surface area contributed by atoms with Gasteiger partial charge in [-0.15, -0.1) is 0 Å². The van der Waals surface area contributed by atoms with Crippen molar-refractivity contribution < 1.29 is 4.74 Å². The molecule has 0 aliphatic carbocycles. The lowest BCUT2D eigenvalue weighted by Gasteiger charge is -2.38. The van der Waals surface area contributed by atoms with Gasteiger partial charge in [0.05, 0.1) is 12.7 Å². The van der Waals surface area contributed by atoms with E-state index in [4.69, 9.17) is 16.3 Å². The van der Waals surface area contributed by atoms with Crippen LogP contribution in [0.25, 0.3) is 0 Å². The Hall–Kier alpha value is -0.770. The Bertz CT molecular complexity index is 382. The molecule has 1 heterocycles. The molecule has 1 aromatic carbocycles. The third-order valence-electron chi connectivity index (χ3n) is 3.62. The summed E-state index contributed by atoms with van der Waals surface area (Å²) in [6, 6.07) is 8.41. The van der Waals surface area contributed by atoms with Gasteiger partial charge in [0, 0.05) is 36.4 Å². The maximum atomic E-state index is 5.87. The first-order valence-corrected chi connectivity index (χ1v) is 7.42. The highest BCUT2D eigenvalue weighted by Gasteiger charge is 2.24. The van der Waals surface area contributed by atoms with Crippen LogP contribution in [0.2, 0.25) is 5.02 Å². The summed E-state index contributed by atoms with van der Waals surface area (Å²) >= 11 is 5.87. The molecule has 1 saturated heterocycles. The number of hydrogen-bond donors (Lipinski definition) is 1. The lowest BCUT2D eigenvalue weighted by molar-refractivity contribution is -0.0541. The summed E-state index contributed by atoms with van der Waals surface area (Å²) in [5.74, 6) is 0. The minimum atomic E-state index is 0.346. The van der Waals surface area contributed by atoms with E-state index in [9.17, 15) is 0 Å². The van der Waals surface area contributed by atoms with Gasteiger partial charge in [-0.05, 0) is 37.6 Å². The molecule has 0 amide bonds. The Morgan fingerprint density at radius 3 is 2.79 bits per heavy atom. The molecule has 0 radical (unpaired) electrons. The molecule has 3 nitrogen and oxygen atoms in total. The monoisotopic (exact) mass is 282 g/mol. The molecule has 2 unspecified atom stereocenters. The molecular formula is C15H23ClN2O. The summed E-state index contributed by atoms with van der Waals surface area (Å²) in [5, 5.41) is 4.21. The van der Waals surface area contributed by atoms with Gasteiger partial charge in [-0.1, -0.05) is 18.5 Å². The Morgan fingerprint density at radius 2 is 2.11 bits per heavy atom. The first-order chi connectivity index (χ1) is 9.19. The van der Waals surface area contributed by atoms with E-state index in [-0.39, 0.29) is 0 Å². The van der Waals surface area contributed by atoms with Crippen LogP contribution in [0, 0.1) is 0 Å². The van der Waals surface area contributed by atoms with E-state index in [1.54, 1.807) is 0 Å². The number of anilines is 1. The zero-order chi connectivity index (χ0) is 13.7. The predicted molar refractivity (Wildman–Crippen MR) is 81.0 cm³/mol. The molecular weight excluding hydrogens is 260 g/mol. The number of morpholine rings is 1. The molecule has 1 N–H and O–H groups in total.